The summed E-state index contributed by atoms with van der Waals surface area (Å²) in [6, 6.07) is 3.29. The van der Waals surface area contributed by atoms with Crippen molar-refractivity contribution in [3.63, 3.8) is 0 Å². The van der Waals surface area contributed by atoms with Crippen LogP contribution in [0.4, 0.5) is 4.79 Å². The number of nitrogens with one attached hydrogen (secondary N) is 1. The Bertz CT molecular complexity index is 463. The van der Waals surface area contributed by atoms with Gasteiger partial charge in [-0.05, 0) is 17.7 Å². The number of primary amides is 1. The molecule has 72 valence electrons. The molecule has 0 aromatic carbocycles. The standard InChI is InChI=1S/C9H10N4O/c10-9(14)12-6-7-1-3-13-4-2-11-8(13)5-7/h1-5H,6H2,(H3,10,12,14). The number of carbonyl (C=O) groups is 1. The van der Waals surface area contributed by atoms with Gasteiger partial charge in [-0.3, -0.25) is 0 Å². The predicted molar refractivity (Wildman–Crippen MR) is 51.6 cm³/mol. The Hall–Kier alpha value is -2.04. The number of pyridine rings is 1. The predicted octanol–water partition coefficient (Wildman–Crippen LogP) is 0.503. The maximum absolute atomic E-state index is 10.5. The van der Waals surface area contributed by atoms with Crippen LogP contribution in [0.1, 0.15) is 5.56 Å². The summed E-state index contributed by atoms with van der Waals surface area (Å²) < 4.78 is 1.90. The summed E-state index contributed by atoms with van der Waals surface area (Å²) in [7, 11) is 0. The largest absolute Gasteiger partial charge is 0.352 e. The summed E-state index contributed by atoms with van der Waals surface area (Å²) in [4.78, 5) is 14.6. The summed E-state index contributed by atoms with van der Waals surface area (Å²) >= 11 is 0. The summed E-state index contributed by atoms with van der Waals surface area (Å²) in [6.07, 6.45) is 5.47. The van der Waals surface area contributed by atoms with Gasteiger partial charge in [0, 0.05) is 25.1 Å². The molecule has 14 heavy (non-hydrogen) atoms. The van der Waals surface area contributed by atoms with Crippen molar-refractivity contribution in [3.05, 3.63) is 36.3 Å². The van der Waals surface area contributed by atoms with Gasteiger partial charge >= 0.3 is 6.03 Å². The Balaban J connectivity index is 2.21. The van der Waals surface area contributed by atoms with Gasteiger partial charge in [0.25, 0.3) is 0 Å². The van der Waals surface area contributed by atoms with E-state index in [1.165, 1.54) is 0 Å². The van der Waals surface area contributed by atoms with Gasteiger partial charge in [-0.2, -0.15) is 0 Å². The third-order valence-corrected chi connectivity index (χ3v) is 1.93. The van der Waals surface area contributed by atoms with Gasteiger partial charge in [0.05, 0.1) is 0 Å². The normalized spacial score (nSPS) is 10.3. The van der Waals surface area contributed by atoms with E-state index in [4.69, 9.17) is 5.73 Å². The number of hydrogen-bond acceptors (Lipinski definition) is 2. The molecule has 5 nitrogen and oxygen atoms in total. The van der Waals surface area contributed by atoms with Crippen molar-refractivity contribution in [2.24, 2.45) is 5.73 Å². The molecule has 0 aliphatic rings. The highest BCUT2D eigenvalue weighted by atomic mass is 16.2. The summed E-state index contributed by atoms with van der Waals surface area (Å²) in [6.45, 7) is 0.429. The SMILES string of the molecule is NC(=O)NCc1ccn2ccnc2c1. The van der Waals surface area contributed by atoms with E-state index in [1.54, 1.807) is 6.20 Å². The zero-order valence-corrected chi connectivity index (χ0v) is 7.47. The number of hydrogen-bond donors (Lipinski definition) is 2. The highest BCUT2D eigenvalue weighted by Gasteiger charge is 1.97. The van der Waals surface area contributed by atoms with Crippen LogP contribution in [0.5, 0.6) is 0 Å². The van der Waals surface area contributed by atoms with Crippen molar-refractivity contribution in [2.75, 3.05) is 0 Å². The van der Waals surface area contributed by atoms with Crippen LogP contribution in [0, 0.1) is 0 Å². The van der Waals surface area contributed by atoms with E-state index < -0.39 is 6.03 Å². The number of urea groups is 1. The molecular formula is C9H10N4O. The zero-order chi connectivity index (χ0) is 9.97. The Labute approximate surface area is 80.6 Å². The minimum absolute atomic E-state index is 0.429. The molecule has 0 aliphatic carbocycles. The smallest absolute Gasteiger partial charge is 0.312 e. The number of carbonyl (C=O) groups excluding carboxylic acids is 1. The van der Waals surface area contributed by atoms with E-state index >= 15 is 0 Å². The maximum atomic E-state index is 10.5. The quantitative estimate of drug-likeness (QED) is 0.723. The molecule has 5 heteroatoms. The van der Waals surface area contributed by atoms with E-state index in [2.05, 4.69) is 10.3 Å². The first-order valence-electron chi connectivity index (χ1n) is 4.20. The fourth-order valence-corrected chi connectivity index (χ4v) is 1.25. The molecule has 0 radical (unpaired) electrons. The number of nitrogens with two attached hydrogens (primary N) is 1. The van der Waals surface area contributed by atoms with E-state index in [-0.39, 0.29) is 0 Å². The van der Waals surface area contributed by atoms with Crippen molar-refractivity contribution in [2.45, 2.75) is 6.54 Å². The van der Waals surface area contributed by atoms with E-state index in [9.17, 15) is 4.79 Å². The molecule has 0 spiro atoms. The number of nitrogens with zero attached hydrogens (tertiary/aromatic N) is 2. The van der Waals surface area contributed by atoms with Gasteiger partial charge < -0.3 is 15.5 Å². The van der Waals surface area contributed by atoms with E-state index in [1.807, 2.05) is 28.9 Å². The van der Waals surface area contributed by atoms with Crippen LogP contribution in [-0.2, 0) is 6.54 Å². The highest BCUT2D eigenvalue weighted by Crippen LogP contribution is 2.04. The van der Waals surface area contributed by atoms with Gasteiger partial charge in [0.2, 0.25) is 0 Å². The third kappa shape index (κ3) is 1.66. The number of rotatable bonds is 2. The van der Waals surface area contributed by atoms with Crippen molar-refractivity contribution >= 4 is 11.7 Å². The first-order valence-corrected chi connectivity index (χ1v) is 4.20. The summed E-state index contributed by atoms with van der Waals surface area (Å²) in [5.41, 5.74) is 6.79. The second-order valence-corrected chi connectivity index (χ2v) is 2.95. The monoisotopic (exact) mass is 190 g/mol. The van der Waals surface area contributed by atoms with E-state index in [0.717, 1.165) is 11.2 Å². The lowest BCUT2D eigenvalue weighted by molar-refractivity contribution is 0.248. The van der Waals surface area contributed by atoms with Crippen LogP contribution in [0.15, 0.2) is 30.7 Å². The molecule has 0 fully saturated rings. The van der Waals surface area contributed by atoms with E-state index in [0.29, 0.717) is 6.54 Å². The fraction of sp³-hybridized carbons (Fsp3) is 0.111. The fourth-order valence-electron chi connectivity index (χ4n) is 1.25. The molecule has 0 atom stereocenters. The van der Waals surface area contributed by atoms with Crippen molar-refractivity contribution in [3.8, 4) is 0 Å². The molecule has 0 aliphatic heterocycles. The van der Waals surface area contributed by atoms with Crippen LogP contribution in [0.3, 0.4) is 0 Å². The summed E-state index contributed by atoms with van der Waals surface area (Å²) in [5, 5.41) is 2.52. The molecule has 0 unspecified atom stereocenters. The number of imidazole rings is 1. The van der Waals surface area contributed by atoms with Crippen LogP contribution >= 0.6 is 0 Å². The van der Waals surface area contributed by atoms with Gasteiger partial charge in [-0.15, -0.1) is 0 Å². The van der Waals surface area contributed by atoms with Crippen molar-refractivity contribution < 1.29 is 4.79 Å². The second kappa shape index (κ2) is 3.37. The Morgan fingerprint density at radius 3 is 3.21 bits per heavy atom. The van der Waals surface area contributed by atoms with Crippen LogP contribution in [0.2, 0.25) is 0 Å². The lowest BCUT2D eigenvalue weighted by Gasteiger charge is -2.02. The third-order valence-electron chi connectivity index (χ3n) is 1.93. The van der Waals surface area contributed by atoms with Crippen LogP contribution < -0.4 is 11.1 Å². The topological polar surface area (TPSA) is 72.4 Å². The first kappa shape index (κ1) is 8.55. The molecule has 2 aromatic rings. The van der Waals surface area contributed by atoms with Crippen molar-refractivity contribution in [1.82, 2.24) is 14.7 Å². The number of fused-ring (bicyclic) bond motifs is 1. The highest BCUT2D eigenvalue weighted by molar-refractivity contribution is 5.71. The van der Waals surface area contributed by atoms with Crippen LogP contribution in [-0.4, -0.2) is 15.4 Å². The minimum Gasteiger partial charge on any atom is -0.352 e. The lowest BCUT2D eigenvalue weighted by atomic mass is 10.2. The Kier molecular flexibility index (Phi) is 2.06. The number of aromatic nitrogens is 2. The van der Waals surface area contributed by atoms with Gasteiger partial charge in [-0.1, -0.05) is 0 Å². The second-order valence-electron chi connectivity index (χ2n) is 2.95. The Morgan fingerprint density at radius 1 is 1.57 bits per heavy atom. The molecule has 0 saturated carbocycles. The average Bonchev–Trinajstić information content (AvgIpc) is 2.61. The first-order chi connectivity index (χ1) is 6.75. The van der Waals surface area contributed by atoms with Gasteiger partial charge in [0.15, 0.2) is 0 Å². The molecule has 0 saturated heterocycles. The maximum Gasteiger partial charge on any atom is 0.312 e. The molecule has 2 aromatic heterocycles. The number of amides is 2. The molecule has 2 amide bonds. The molecule has 2 heterocycles. The zero-order valence-electron chi connectivity index (χ0n) is 7.47. The molecule has 2 rings (SSSR count). The van der Waals surface area contributed by atoms with Gasteiger partial charge in [0.1, 0.15) is 5.65 Å². The van der Waals surface area contributed by atoms with Crippen molar-refractivity contribution in [1.29, 1.82) is 0 Å². The summed E-state index contributed by atoms with van der Waals surface area (Å²) in [5.74, 6) is 0. The average molecular weight is 190 g/mol. The minimum atomic E-state index is -0.520. The molecular weight excluding hydrogens is 180 g/mol. The van der Waals surface area contributed by atoms with Crippen LogP contribution in [0.25, 0.3) is 5.65 Å². The Morgan fingerprint density at radius 2 is 2.43 bits per heavy atom. The van der Waals surface area contributed by atoms with Gasteiger partial charge in [-0.25, -0.2) is 9.78 Å². The lowest BCUT2D eigenvalue weighted by Crippen LogP contribution is -2.28. The molecule has 3 N–H and O–H groups in total. The molecule has 0 bridgehead atoms.